The van der Waals surface area contributed by atoms with Crippen LogP contribution >= 0.6 is 0 Å². The number of rotatable bonds is 3. The van der Waals surface area contributed by atoms with Crippen LogP contribution in [0, 0.1) is 25.7 Å². The van der Waals surface area contributed by atoms with E-state index in [4.69, 9.17) is 4.42 Å². The average molecular weight is 380 g/mol. The van der Waals surface area contributed by atoms with Gasteiger partial charge < -0.3 is 14.1 Å². The molecule has 1 aliphatic heterocycles. The van der Waals surface area contributed by atoms with Gasteiger partial charge in [0, 0.05) is 49.8 Å². The SMILES string of the molecule is Cc1ccc2oc(CN3C[C@H]4CCC[C@H](C3)C4(O)c3nccn3C)c(C)c2c1. The number of furan rings is 1. The third kappa shape index (κ3) is 2.64. The zero-order chi connectivity index (χ0) is 19.5. The third-order valence-electron chi connectivity index (χ3n) is 7.04. The topological polar surface area (TPSA) is 54.4 Å². The van der Waals surface area contributed by atoms with Crippen molar-refractivity contribution in [3.8, 4) is 0 Å². The molecule has 3 aromatic rings. The molecule has 28 heavy (non-hydrogen) atoms. The van der Waals surface area contributed by atoms with Crippen molar-refractivity contribution in [2.24, 2.45) is 18.9 Å². The minimum atomic E-state index is -0.812. The summed E-state index contributed by atoms with van der Waals surface area (Å²) in [6, 6.07) is 6.39. The van der Waals surface area contributed by atoms with Gasteiger partial charge in [-0.15, -0.1) is 0 Å². The van der Waals surface area contributed by atoms with Gasteiger partial charge in [0.25, 0.3) is 0 Å². The summed E-state index contributed by atoms with van der Waals surface area (Å²) in [5.74, 6) is 2.32. The fourth-order valence-corrected chi connectivity index (χ4v) is 5.53. The second kappa shape index (κ2) is 6.46. The number of nitrogens with zero attached hydrogens (tertiary/aromatic N) is 3. The molecule has 148 valence electrons. The molecule has 5 heteroatoms. The maximum absolute atomic E-state index is 11.7. The second-order valence-corrected chi connectivity index (χ2v) is 8.86. The highest BCUT2D eigenvalue weighted by atomic mass is 16.3. The highest BCUT2D eigenvalue weighted by Gasteiger charge is 2.53. The lowest BCUT2D eigenvalue weighted by atomic mass is 9.65. The Hall–Kier alpha value is -2.11. The minimum absolute atomic E-state index is 0.216. The van der Waals surface area contributed by atoms with Crippen molar-refractivity contribution in [3.63, 3.8) is 0 Å². The van der Waals surface area contributed by atoms with Gasteiger partial charge in [-0.05, 0) is 44.4 Å². The predicted molar refractivity (Wildman–Crippen MR) is 109 cm³/mol. The van der Waals surface area contributed by atoms with Crippen LogP contribution in [0.4, 0.5) is 0 Å². The first-order valence-corrected chi connectivity index (χ1v) is 10.4. The van der Waals surface area contributed by atoms with Crippen molar-refractivity contribution in [1.82, 2.24) is 14.5 Å². The van der Waals surface area contributed by atoms with E-state index in [1.807, 2.05) is 17.8 Å². The van der Waals surface area contributed by atoms with Crippen molar-refractivity contribution in [3.05, 3.63) is 53.3 Å². The van der Waals surface area contributed by atoms with Crippen LogP contribution in [0.1, 0.15) is 42.0 Å². The molecule has 1 aliphatic carbocycles. The molecule has 1 saturated heterocycles. The van der Waals surface area contributed by atoms with E-state index in [1.54, 1.807) is 6.20 Å². The van der Waals surface area contributed by atoms with Crippen molar-refractivity contribution in [1.29, 1.82) is 0 Å². The molecule has 1 saturated carbocycles. The number of hydrogen-bond donors (Lipinski definition) is 1. The van der Waals surface area contributed by atoms with E-state index < -0.39 is 5.60 Å². The number of imidazole rings is 1. The Morgan fingerprint density at radius 2 is 1.96 bits per heavy atom. The molecule has 0 spiro atoms. The van der Waals surface area contributed by atoms with Crippen molar-refractivity contribution in [2.75, 3.05) is 13.1 Å². The third-order valence-corrected chi connectivity index (χ3v) is 7.04. The van der Waals surface area contributed by atoms with Gasteiger partial charge in [-0.2, -0.15) is 0 Å². The summed E-state index contributed by atoms with van der Waals surface area (Å²) in [4.78, 5) is 7.01. The van der Waals surface area contributed by atoms with Crippen LogP contribution in [0.2, 0.25) is 0 Å². The highest BCUT2D eigenvalue weighted by Crippen LogP contribution is 2.48. The van der Waals surface area contributed by atoms with Crippen LogP contribution < -0.4 is 0 Å². The van der Waals surface area contributed by atoms with Gasteiger partial charge in [-0.1, -0.05) is 18.1 Å². The lowest BCUT2D eigenvalue weighted by Gasteiger charge is -2.52. The maximum Gasteiger partial charge on any atom is 0.141 e. The summed E-state index contributed by atoms with van der Waals surface area (Å²) in [7, 11) is 1.99. The van der Waals surface area contributed by atoms with Crippen molar-refractivity contribution in [2.45, 2.75) is 45.3 Å². The zero-order valence-electron chi connectivity index (χ0n) is 17.0. The first-order chi connectivity index (χ1) is 13.5. The van der Waals surface area contributed by atoms with Gasteiger partial charge in [0.2, 0.25) is 0 Å². The van der Waals surface area contributed by atoms with E-state index in [2.05, 4.69) is 41.9 Å². The lowest BCUT2D eigenvalue weighted by molar-refractivity contribution is -0.155. The standard InChI is InChI=1S/C23H29N3O2/c1-15-7-8-20-19(11-15)16(2)21(28-20)14-26-12-17-5-4-6-18(13-26)23(17,27)22-24-9-10-25(22)3/h7-11,17-18,27H,4-6,12-14H2,1-3H3/t17-,18-/m1/s1. The Balaban J connectivity index is 1.43. The smallest absolute Gasteiger partial charge is 0.141 e. The van der Waals surface area contributed by atoms with E-state index in [1.165, 1.54) is 22.9 Å². The summed E-state index contributed by atoms with van der Waals surface area (Å²) < 4.78 is 8.19. The summed E-state index contributed by atoms with van der Waals surface area (Å²) in [6.07, 6.45) is 7.03. The normalized spacial score (nSPS) is 28.1. The average Bonchev–Trinajstić information content (AvgIpc) is 3.21. The van der Waals surface area contributed by atoms with Crippen LogP contribution in [0.25, 0.3) is 11.0 Å². The number of likely N-dealkylation sites (tertiary alicyclic amines) is 1. The Morgan fingerprint density at radius 1 is 1.21 bits per heavy atom. The van der Waals surface area contributed by atoms with Gasteiger partial charge in [-0.3, -0.25) is 4.90 Å². The maximum atomic E-state index is 11.7. The number of benzene rings is 1. The molecule has 5 rings (SSSR count). The van der Waals surface area contributed by atoms with Gasteiger partial charge in [-0.25, -0.2) is 4.98 Å². The molecule has 2 aliphatic rings. The highest BCUT2D eigenvalue weighted by molar-refractivity contribution is 5.82. The lowest BCUT2D eigenvalue weighted by Crippen LogP contribution is -2.58. The molecule has 0 amide bonds. The molecule has 1 aromatic carbocycles. The summed E-state index contributed by atoms with van der Waals surface area (Å²) in [6.45, 7) is 6.86. The fraction of sp³-hybridized carbons (Fsp3) is 0.522. The Labute approximate surface area is 166 Å². The second-order valence-electron chi connectivity index (χ2n) is 8.86. The molecule has 0 radical (unpaired) electrons. The van der Waals surface area contributed by atoms with E-state index in [9.17, 15) is 5.11 Å². The van der Waals surface area contributed by atoms with Gasteiger partial charge >= 0.3 is 0 Å². The molecule has 2 atom stereocenters. The molecule has 0 unspecified atom stereocenters. The first-order valence-electron chi connectivity index (χ1n) is 10.4. The molecule has 2 aromatic heterocycles. The largest absolute Gasteiger partial charge is 0.459 e. The number of hydrogen-bond acceptors (Lipinski definition) is 4. The quantitative estimate of drug-likeness (QED) is 0.750. The molecule has 1 N–H and O–H groups in total. The zero-order valence-corrected chi connectivity index (χ0v) is 17.0. The summed E-state index contributed by atoms with van der Waals surface area (Å²) >= 11 is 0. The monoisotopic (exact) mass is 379 g/mol. The van der Waals surface area contributed by atoms with Crippen molar-refractivity contribution < 1.29 is 9.52 Å². The minimum Gasteiger partial charge on any atom is -0.459 e. The number of piperidine rings is 1. The van der Waals surface area contributed by atoms with Gasteiger partial charge in [0.15, 0.2) is 0 Å². The first kappa shape index (κ1) is 18.0. The molecule has 2 bridgehead atoms. The van der Waals surface area contributed by atoms with Crippen molar-refractivity contribution >= 4 is 11.0 Å². The van der Waals surface area contributed by atoms with Crippen LogP contribution in [0.5, 0.6) is 0 Å². The Morgan fingerprint density at radius 3 is 2.64 bits per heavy atom. The fourth-order valence-electron chi connectivity index (χ4n) is 5.53. The molecule has 3 heterocycles. The van der Waals surface area contributed by atoms with Crippen LogP contribution in [0.15, 0.2) is 35.0 Å². The Kier molecular flexibility index (Phi) is 4.14. The molecular weight excluding hydrogens is 350 g/mol. The predicted octanol–water partition coefficient (Wildman–Crippen LogP) is 3.90. The summed E-state index contributed by atoms with van der Waals surface area (Å²) in [5, 5.41) is 13.0. The number of aromatic nitrogens is 2. The summed E-state index contributed by atoms with van der Waals surface area (Å²) in [5.41, 5.74) is 2.66. The molecule has 2 fully saturated rings. The van der Waals surface area contributed by atoms with E-state index in [-0.39, 0.29) is 11.8 Å². The van der Waals surface area contributed by atoms with Crippen LogP contribution in [-0.2, 0) is 19.2 Å². The number of fused-ring (bicyclic) bond motifs is 3. The van der Waals surface area contributed by atoms with Crippen LogP contribution in [0.3, 0.4) is 0 Å². The molecular formula is C23H29N3O2. The van der Waals surface area contributed by atoms with E-state index >= 15 is 0 Å². The molecule has 5 nitrogen and oxygen atoms in total. The van der Waals surface area contributed by atoms with Gasteiger partial charge in [0.05, 0.1) is 6.54 Å². The number of aliphatic hydroxyl groups is 1. The Bertz CT molecular complexity index is 1000. The van der Waals surface area contributed by atoms with Gasteiger partial charge in [0.1, 0.15) is 22.8 Å². The van der Waals surface area contributed by atoms with E-state index in [0.717, 1.165) is 49.6 Å². The van der Waals surface area contributed by atoms with E-state index in [0.29, 0.717) is 0 Å². The number of aryl methyl sites for hydroxylation is 3. The van der Waals surface area contributed by atoms with Crippen LogP contribution in [-0.4, -0.2) is 32.6 Å².